The fraction of sp³-hybridized carbons (Fsp3) is 0.389. The van der Waals surface area contributed by atoms with E-state index in [9.17, 15) is 9.59 Å². The molecule has 1 aromatic carbocycles. The highest BCUT2D eigenvalue weighted by molar-refractivity contribution is 5.95. The molecule has 25 heavy (non-hydrogen) atoms. The number of rotatable bonds is 5. The predicted octanol–water partition coefficient (Wildman–Crippen LogP) is 2.24. The SMILES string of the molecule is CCOC(=O)Cn1nc(C)c2c1NC(=O)C[C@H]2c1ccccc1OC. The number of hydrogen-bond donors (Lipinski definition) is 1. The van der Waals surface area contributed by atoms with Crippen LogP contribution >= 0.6 is 0 Å². The summed E-state index contributed by atoms with van der Waals surface area (Å²) in [6.07, 6.45) is 0.305. The first kappa shape index (κ1) is 17.0. The Hall–Kier alpha value is -2.83. The Balaban J connectivity index is 2.05. The zero-order valence-electron chi connectivity index (χ0n) is 14.5. The average Bonchev–Trinajstić information content (AvgIpc) is 2.90. The number of methoxy groups -OCH3 is 1. The topological polar surface area (TPSA) is 82.5 Å². The Morgan fingerprint density at radius 2 is 2.16 bits per heavy atom. The molecule has 1 aliphatic heterocycles. The maximum atomic E-state index is 12.3. The van der Waals surface area contributed by atoms with Crippen LogP contribution in [-0.4, -0.2) is 35.4 Å². The first-order valence-corrected chi connectivity index (χ1v) is 8.20. The number of para-hydroxylation sites is 1. The number of ether oxygens (including phenoxy) is 2. The van der Waals surface area contributed by atoms with E-state index in [1.807, 2.05) is 31.2 Å². The van der Waals surface area contributed by atoms with Crippen molar-refractivity contribution in [2.24, 2.45) is 0 Å². The molecule has 0 saturated heterocycles. The van der Waals surface area contributed by atoms with Crippen LogP contribution in [0.1, 0.15) is 36.1 Å². The van der Waals surface area contributed by atoms with E-state index in [1.165, 1.54) is 4.68 Å². The first-order valence-electron chi connectivity index (χ1n) is 8.20. The van der Waals surface area contributed by atoms with Gasteiger partial charge in [0.1, 0.15) is 18.1 Å². The first-order chi connectivity index (χ1) is 12.0. The molecule has 7 heteroatoms. The second kappa shape index (κ2) is 6.96. The molecule has 1 atom stereocenters. The number of carbonyl (C=O) groups excluding carboxylic acids is 2. The van der Waals surface area contributed by atoms with Crippen LogP contribution in [0.2, 0.25) is 0 Å². The molecule has 1 amide bonds. The number of esters is 1. The Morgan fingerprint density at radius 1 is 1.40 bits per heavy atom. The molecule has 0 spiro atoms. The minimum Gasteiger partial charge on any atom is -0.496 e. The second-order valence-electron chi connectivity index (χ2n) is 5.86. The van der Waals surface area contributed by atoms with E-state index < -0.39 is 0 Å². The van der Waals surface area contributed by atoms with Gasteiger partial charge in [-0.15, -0.1) is 0 Å². The molecule has 3 rings (SSSR count). The van der Waals surface area contributed by atoms with E-state index in [0.29, 0.717) is 18.8 Å². The summed E-state index contributed by atoms with van der Waals surface area (Å²) < 4.78 is 11.9. The number of hydrogen-bond acceptors (Lipinski definition) is 5. The lowest BCUT2D eigenvalue weighted by atomic mass is 9.85. The summed E-state index contributed by atoms with van der Waals surface area (Å²) in [5.41, 5.74) is 2.61. The maximum absolute atomic E-state index is 12.3. The van der Waals surface area contributed by atoms with Gasteiger partial charge in [0.2, 0.25) is 5.91 Å². The largest absolute Gasteiger partial charge is 0.496 e. The molecule has 0 fully saturated rings. The van der Waals surface area contributed by atoms with E-state index in [0.717, 1.165) is 22.6 Å². The van der Waals surface area contributed by atoms with E-state index in [1.54, 1.807) is 14.0 Å². The second-order valence-corrected chi connectivity index (χ2v) is 5.86. The van der Waals surface area contributed by atoms with Crippen molar-refractivity contribution in [3.8, 4) is 5.75 Å². The quantitative estimate of drug-likeness (QED) is 0.842. The number of aryl methyl sites for hydroxylation is 1. The zero-order chi connectivity index (χ0) is 18.0. The van der Waals surface area contributed by atoms with Gasteiger partial charge in [-0.25, -0.2) is 4.68 Å². The van der Waals surface area contributed by atoms with E-state index >= 15 is 0 Å². The molecule has 0 unspecified atom stereocenters. The Labute approximate surface area is 145 Å². The molecule has 7 nitrogen and oxygen atoms in total. The lowest BCUT2D eigenvalue weighted by Crippen LogP contribution is -2.26. The molecule has 2 aromatic rings. The number of benzene rings is 1. The van der Waals surface area contributed by atoms with Crippen molar-refractivity contribution in [1.82, 2.24) is 9.78 Å². The maximum Gasteiger partial charge on any atom is 0.327 e. The van der Waals surface area contributed by atoms with Gasteiger partial charge in [0.15, 0.2) is 0 Å². The lowest BCUT2D eigenvalue weighted by Gasteiger charge is -2.25. The third-order valence-electron chi connectivity index (χ3n) is 4.27. The number of fused-ring (bicyclic) bond motifs is 1. The molecule has 1 N–H and O–H groups in total. The normalized spacial score (nSPS) is 16.1. The van der Waals surface area contributed by atoms with Crippen LogP contribution in [0.5, 0.6) is 5.75 Å². The van der Waals surface area contributed by atoms with Crippen LogP contribution in [0.15, 0.2) is 24.3 Å². The smallest absolute Gasteiger partial charge is 0.327 e. The highest BCUT2D eigenvalue weighted by atomic mass is 16.5. The third-order valence-corrected chi connectivity index (χ3v) is 4.27. The Kier molecular flexibility index (Phi) is 4.74. The third kappa shape index (κ3) is 3.22. The summed E-state index contributed by atoms with van der Waals surface area (Å²) >= 11 is 0. The highest BCUT2D eigenvalue weighted by Gasteiger charge is 2.34. The van der Waals surface area contributed by atoms with Crippen LogP contribution in [0.4, 0.5) is 5.82 Å². The number of anilines is 1. The van der Waals surface area contributed by atoms with Crippen molar-refractivity contribution >= 4 is 17.7 Å². The summed E-state index contributed by atoms with van der Waals surface area (Å²) in [5.74, 6) is 0.606. The Bertz CT molecular complexity index is 813. The fourth-order valence-corrected chi connectivity index (χ4v) is 3.28. The minimum absolute atomic E-state index is 0.0388. The van der Waals surface area contributed by atoms with Crippen LogP contribution in [-0.2, 0) is 20.9 Å². The highest BCUT2D eigenvalue weighted by Crippen LogP contribution is 2.42. The average molecular weight is 343 g/mol. The summed E-state index contributed by atoms with van der Waals surface area (Å²) in [6.45, 7) is 3.89. The van der Waals surface area contributed by atoms with Gasteiger partial charge in [-0.3, -0.25) is 9.59 Å². The minimum atomic E-state index is -0.388. The molecule has 132 valence electrons. The van der Waals surface area contributed by atoms with Gasteiger partial charge in [-0.2, -0.15) is 5.10 Å². The van der Waals surface area contributed by atoms with Crippen LogP contribution in [0.3, 0.4) is 0 Å². The number of nitrogens with zero attached hydrogens (tertiary/aromatic N) is 2. The lowest BCUT2D eigenvalue weighted by molar-refractivity contribution is -0.144. The molecular formula is C18H21N3O4. The van der Waals surface area contributed by atoms with E-state index in [2.05, 4.69) is 10.4 Å². The van der Waals surface area contributed by atoms with Crippen molar-refractivity contribution in [3.05, 3.63) is 41.1 Å². The number of amides is 1. The summed E-state index contributed by atoms with van der Waals surface area (Å²) in [5, 5.41) is 7.29. The van der Waals surface area contributed by atoms with Gasteiger partial charge in [0.05, 0.1) is 19.4 Å². The van der Waals surface area contributed by atoms with Crippen molar-refractivity contribution in [1.29, 1.82) is 0 Å². The zero-order valence-corrected chi connectivity index (χ0v) is 14.5. The van der Waals surface area contributed by atoms with Gasteiger partial charge in [-0.1, -0.05) is 18.2 Å². The number of carbonyl (C=O) groups is 2. The van der Waals surface area contributed by atoms with Crippen molar-refractivity contribution in [3.63, 3.8) is 0 Å². The van der Waals surface area contributed by atoms with Crippen LogP contribution in [0, 0.1) is 6.92 Å². The van der Waals surface area contributed by atoms with Gasteiger partial charge in [-0.05, 0) is 19.9 Å². The fourth-order valence-electron chi connectivity index (χ4n) is 3.28. The molecule has 0 saturated carbocycles. The molecule has 1 aliphatic rings. The Morgan fingerprint density at radius 3 is 2.88 bits per heavy atom. The van der Waals surface area contributed by atoms with Gasteiger partial charge < -0.3 is 14.8 Å². The molecule has 0 radical (unpaired) electrons. The molecular weight excluding hydrogens is 322 g/mol. The summed E-state index contributed by atoms with van der Waals surface area (Å²) in [4.78, 5) is 24.1. The van der Waals surface area contributed by atoms with Crippen molar-refractivity contribution in [2.75, 3.05) is 19.0 Å². The molecule has 0 bridgehead atoms. The van der Waals surface area contributed by atoms with Crippen LogP contribution in [0.25, 0.3) is 0 Å². The van der Waals surface area contributed by atoms with Crippen molar-refractivity contribution in [2.45, 2.75) is 32.7 Å². The standard InChI is InChI=1S/C18H21N3O4/c1-4-25-16(23)10-21-18-17(11(2)20-21)13(9-15(22)19-18)12-7-5-6-8-14(12)24-3/h5-8,13H,4,9-10H2,1-3H3,(H,19,22)/t13-/m0/s1. The van der Waals surface area contributed by atoms with Gasteiger partial charge in [0.25, 0.3) is 0 Å². The van der Waals surface area contributed by atoms with Crippen molar-refractivity contribution < 1.29 is 19.1 Å². The number of aromatic nitrogens is 2. The molecule has 2 heterocycles. The van der Waals surface area contributed by atoms with Gasteiger partial charge in [0, 0.05) is 23.5 Å². The summed E-state index contributed by atoms with van der Waals surface area (Å²) in [7, 11) is 1.61. The number of nitrogens with one attached hydrogen (secondary N) is 1. The predicted molar refractivity (Wildman–Crippen MR) is 91.7 cm³/mol. The van der Waals surface area contributed by atoms with Crippen LogP contribution < -0.4 is 10.1 Å². The summed E-state index contributed by atoms with van der Waals surface area (Å²) in [6, 6.07) is 7.64. The monoisotopic (exact) mass is 343 g/mol. The van der Waals surface area contributed by atoms with E-state index in [4.69, 9.17) is 9.47 Å². The van der Waals surface area contributed by atoms with E-state index in [-0.39, 0.29) is 24.3 Å². The molecule has 1 aromatic heterocycles. The van der Waals surface area contributed by atoms with Gasteiger partial charge >= 0.3 is 5.97 Å². The molecule has 0 aliphatic carbocycles.